The summed E-state index contributed by atoms with van der Waals surface area (Å²) in [7, 11) is 0. The molecule has 3 aromatic rings. The third-order valence-electron chi connectivity index (χ3n) is 4.13. The summed E-state index contributed by atoms with van der Waals surface area (Å²) in [5.41, 5.74) is 8.86. The van der Waals surface area contributed by atoms with Crippen LogP contribution in [-0.4, -0.2) is 34.7 Å². The largest absolute Gasteiger partial charge is 0.354 e. The Bertz CT molecular complexity index is 878. The fourth-order valence-corrected chi connectivity index (χ4v) is 3.38. The van der Waals surface area contributed by atoms with E-state index in [1.54, 1.807) is 11.8 Å². The van der Waals surface area contributed by atoms with E-state index in [9.17, 15) is 4.79 Å². The number of nitrogens with one attached hydrogen (secondary N) is 2. The van der Waals surface area contributed by atoms with E-state index in [4.69, 9.17) is 17.3 Å². The molecular formula is C19H21ClN4OS. The Kier molecular flexibility index (Phi) is 6.19. The summed E-state index contributed by atoms with van der Waals surface area (Å²) in [5, 5.41) is 3.50. The number of rotatable bonds is 7. The second-order valence-electron chi connectivity index (χ2n) is 6.01. The molecular weight excluding hydrogens is 368 g/mol. The first-order valence-corrected chi connectivity index (χ1v) is 9.96. The summed E-state index contributed by atoms with van der Waals surface area (Å²) >= 11 is 7.85. The van der Waals surface area contributed by atoms with Gasteiger partial charge in [0.1, 0.15) is 5.82 Å². The van der Waals surface area contributed by atoms with Gasteiger partial charge in [-0.05, 0) is 48.6 Å². The molecule has 1 atom stereocenters. The second-order valence-corrected chi connectivity index (χ2v) is 7.30. The fourth-order valence-electron chi connectivity index (χ4n) is 2.72. The van der Waals surface area contributed by atoms with Gasteiger partial charge in [-0.15, -0.1) is 11.8 Å². The average Bonchev–Trinajstić information content (AvgIpc) is 3.06. The summed E-state index contributed by atoms with van der Waals surface area (Å²) in [6, 6.07) is 13.0. The topological polar surface area (TPSA) is 83.8 Å². The van der Waals surface area contributed by atoms with Crippen LogP contribution in [0.4, 0.5) is 0 Å². The Labute approximate surface area is 161 Å². The highest BCUT2D eigenvalue weighted by Crippen LogP contribution is 2.23. The average molecular weight is 389 g/mol. The number of thioether (sulfide) groups is 1. The minimum atomic E-state index is -0.639. The Hall–Kier alpha value is -2.02. The summed E-state index contributed by atoms with van der Waals surface area (Å²) < 4.78 is 0. The number of halogens is 1. The Morgan fingerprint density at radius 1 is 1.35 bits per heavy atom. The van der Waals surface area contributed by atoms with E-state index >= 15 is 0 Å². The quantitative estimate of drug-likeness (QED) is 0.543. The van der Waals surface area contributed by atoms with Crippen LogP contribution in [-0.2, 0) is 17.6 Å². The Balaban J connectivity index is 1.52. The predicted molar refractivity (Wildman–Crippen MR) is 108 cm³/mol. The molecule has 7 heteroatoms. The van der Waals surface area contributed by atoms with Crippen LogP contribution in [0.1, 0.15) is 11.4 Å². The lowest BCUT2D eigenvalue weighted by molar-refractivity contribution is -0.122. The van der Waals surface area contributed by atoms with Crippen LogP contribution in [0.25, 0.3) is 11.0 Å². The van der Waals surface area contributed by atoms with Crippen molar-refractivity contribution in [2.75, 3.05) is 12.8 Å². The smallest absolute Gasteiger partial charge is 0.237 e. The van der Waals surface area contributed by atoms with Gasteiger partial charge in [-0.3, -0.25) is 4.79 Å². The number of hydrogen-bond donors (Lipinski definition) is 3. The highest BCUT2D eigenvalue weighted by atomic mass is 35.5. The molecule has 5 nitrogen and oxygen atoms in total. The van der Waals surface area contributed by atoms with Gasteiger partial charge < -0.3 is 16.0 Å². The maximum absolute atomic E-state index is 12.3. The number of nitrogens with two attached hydrogens (primary N) is 1. The fraction of sp³-hybridized carbons (Fsp3) is 0.263. The monoisotopic (exact) mass is 388 g/mol. The van der Waals surface area contributed by atoms with Crippen molar-refractivity contribution in [1.82, 2.24) is 15.3 Å². The summed E-state index contributed by atoms with van der Waals surface area (Å²) in [5.74, 6) is 0.655. The van der Waals surface area contributed by atoms with Crippen molar-refractivity contribution in [3.05, 3.63) is 58.9 Å². The summed E-state index contributed by atoms with van der Waals surface area (Å²) in [6.45, 7) is 0.477. The first-order chi connectivity index (χ1) is 12.6. The molecule has 136 valence electrons. The van der Waals surface area contributed by atoms with Crippen molar-refractivity contribution < 1.29 is 4.79 Å². The van der Waals surface area contributed by atoms with Gasteiger partial charge >= 0.3 is 0 Å². The van der Waals surface area contributed by atoms with Gasteiger partial charge in [0.15, 0.2) is 0 Å². The molecule has 0 aliphatic carbocycles. The molecule has 26 heavy (non-hydrogen) atoms. The number of H-pyrrole nitrogens is 1. The van der Waals surface area contributed by atoms with Gasteiger partial charge in [0.05, 0.1) is 17.1 Å². The molecule has 0 aliphatic heterocycles. The lowest BCUT2D eigenvalue weighted by Gasteiger charge is -2.13. The van der Waals surface area contributed by atoms with Crippen LogP contribution >= 0.6 is 23.4 Å². The first-order valence-electron chi connectivity index (χ1n) is 8.36. The zero-order valence-corrected chi connectivity index (χ0v) is 16.0. The number of imidazole rings is 1. The van der Waals surface area contributed by atoms with Crippen LogP contribution < -0.4 is 11.1 Å². The molecule has 3 rings (SSSR count). The summed E-state index contributed by atoms with van der Waals surface area (Å²) in [6.07, 6.45) is 3.03. The number of aromatic amines is 1. The standard InChI is InChI=1S/C19H21ClN4OS/c1-26-13-6-7-14(20)12(10-13)11-15(21)19(25)22-9-8-18-23-16-4-2-3-5-17(16)24-18/h2-7,10,15H,8-9,11,21H2,1H3,(H,22,25)(H,23,24). The lowest BCUT2D eigenvalue weighted by Crippen LogP contribution is -2.42. The molecule has 4 N–H and O–H groups in total. The van der Waals surface area contributed by atoms with E-state index in [2.05, 4.69) is 15.3 Å². The van der Waals surface area contributed by atoms with E-state index < -0.39 is 6.04 Å². The third-order valence-corrected chi connectivity index (χ3v) is 5.22. The Morgan fingerprint density at radius 2 is 2.15 bits per heavy atom. The maximum Gasteiger partial charge on any atom is 0.237 e. The highest BCUT2D eigenvalue weighted by Gasteiger charge is 2.16. The number of para-hydroxylation sites is 2. The van der Waals surface area contributed by atoms with Gasteiger partial charge in [-0.25, -0.2) is 4.98 Å². The number of hydrogen-bond acceptors (Lipinski definition) is 4. The van der Waals surface area contributed by atoms with Gasteiger partial charge in [0, 0.05) is 22.9 Å². The predicted octanol–water partition coefficient (Wildman–Crippen LogP) is 3.17. The molecule has 1 aromatic heterocycles. The molecule has 1 unspecified atom stereocenters. The number of nitrogens with zero attached hydrogens (tertiary/aromatic N) is 1. The number of aromatic nitrogens is 2. The van der Waals surface area contributed by atoms with E-state index in [0.29, 0.717) is 24.4 Å². The van der Waals surface area contributed by atoms with Crippen LogP contribution in [0, 0.1) is 0 Å². The van der Waals surface area contributed by atoms with Crippen LogP contribution in [0.5, 0.6) is 0 Å². The van der Waals surface area contributed by atoms with Crippen LogP contribution in [0.15, 0.2) is 47.4 Å². The van der Waals surface area contributed by atoms with Crippen molar-refractivity contribution in [1.29, 1.82) is 0 Å². The third kappa shape index (κ3) is 4.58. The minimum Gasteiger partial charge on any atom is -0.354 e. The van der Waals surface area contributed by atoms with Crippen LogP contribution in [0.2, 0.25) is 5.02 Å². The number of carbonyl (C=O) groups is 1. The van der Waals surface area contributed by atoms with Crippen molar-refractivity contribution in [3.63, 3.8) is 0 Å². The maximum atomic E-state index is 12.3. The molecule has 1 heterocycles. The lowest BCUT2D eigenvalue weighted by atomic mass is 10.1. The summed E-state index contributed by atoms with van der Waals surface area (Å²) in [4.78, 5) is 21.1. The molecule has 0 fully saturated rings. The molecule has 0 aliphatic rings. The number of benzene rings is 2. The first kappa shape index (κ1) is 18.8. The zero-order chi connectivity index (χ0) is 18.5. The van der Waals surface area contributed by atoms with Crippen molar-refractivity contribution in [2.24, 2.45) is 5.73 Å². The van der Waals surface area contributed by atoms with Crippen molar-refractivity contribution >= 4 is 40.3 Å². The SMILES string of the molecule is CSc1ccc(Cl)c(CC(N)C(=O)NCCc2nc3ccccc3[nH]2)c1. The van der Waals surface area contributed by atoms with Crippen LogP contribution in [0.3, 0.4) is 0 Å². The molecule has 0 saturated carbocycles. The second kappa shape index (κ2) is 8.58. The van der Waals surface area contributed by atoms with E-state index in [0.717, 1.165) is 27.3 Å². The number of fused-ring (bicyclic) bond motifs is 1. The van der Waals surface area contributed by atoms with Crippen molar-refractivity contribution in [2.45, 2.75) is 23.8 Å². The molecule has 0 radical (unpaired) electrons. The van der Waals surface area contributed by atoms with E-state index in [1.165, 1.54) is 0 Å². The molecule has 0 saturated heterocycles. The van der Waals surface area contributed by atoms with Gasteiger partial charge in [-0.1, -0.05) is 23.7 Å². The number of carbonyl (C=O) groups excluding carboxylic acids is 1. The van der Waals surface area contributed by atoms with E-state index in [1.807, 2.05) is 48.7 Å². The van der Waals surface area contributed by atoms with Gasteiger partial charge in [0.25, 0.3) is 0 Å². The number of amides is 1. The van der Waals surface area contributed by atoms with Gasteiger partial charge in [-0.2, -0.15) is 0 Å². The van der Waals surface area contributed by atoms with E-state index in [-0.39, 0.29) is 5.91 Å². The molecule has 1 amide bonds. The minimum absolute atomic E-state index is 0.188. The van der Waals surface area contributed by atoms with Gasteiger partial charge in [0.2, 0.25) is 5.91 Å². The molecule has 2 aromatic carbocycles. The Morgan fingerprint density at radius 3 is 2.92 bits per heavy atom. The zero-order valence-electron chi connectivity index (χ0n) is 14.5. The highest BCUT2D eigenvalue weighted by molar-refractivity contribution is 7.98. The normalized spacial score (nSPS) is 12.3. The van der Waals surface area contributed by atoms with Crippen molar-refractivity contribution in [3.8, 4) is 0 Å². The molecule has 0 spiro atoms. The molecule has 0 bridgehead atoms.